The summed E-state index contributed by atoms with van der Waals surface area (Å²) in [6.07, 6.45) is 3.62. The second-order valence-corrected chi connectivity index (χ2v) is 4.59. The number of hydrogen-bond donors (Lipinski definition) is 1. The second kappa shape index (κ2) is 7.50. The van der Waals surface area contributed by atoms with Crippen molar-refractivity contribution in [1.82, 2.24) is 4.98 Å². The maximum atomic E-state index is 5.36. The van der Waals surface area contributed by atoms with Crippen LogP contribution in [-0.2, 0) is 13.1 Å². The fourth-order valence-corrected chi connectivity index (χ4v) is 2.18. The Morgan fingerprint density at radius 2 is 1.43 bits per heavy atom. The van der Waals surface area contributed by atoms with Crippen LogP contribution in [-0.4, -0.2) is 26.3 Å². The Hall–Kier alpha value is -2.27. The summed E-state index contributed by atoms with van der Waals surface area (Å²) in [5.41, 5.74) is 2.37. The van der Waals surface area contributed by atoms with Crippen LogP contribution in [0.3, 0.4) is 0 Å². The number of pyridine rings is 1. The summed E-state index contributed by atoms with van der Waals surface area (Å²) in [6, 6.07) is 7.99. The monoisotopic (exact) mass is 289 g/mol. The summed E-state index contributed by atoms with van der Waals surface area (Å²) in [7, 11) is 4.86. The average molecular weight is 289 g/mol. The third-order valence-electron chi connectivity index (χ3n) is 3.23. The number of quaternary nitrogens is 1. The van der Waals surface area contributed by atoms with Crippen molar-refractivity contribution < 1.29 is 19.5 Å². The van der Waals surface area contributed by atoms with Crippen LogP contribution in [0.2, 0.25) is 0 Å². The summed E-state index contributed by atoms with van der Waals surface area (Å²) in [4.78, 5) is 4.02. The molecule has 1 aromatic carbocycles. The van der Waals surface area contributed by atoms with Gasteiger partial charge in [0.15, 0.2) is 11.5 Å². The fourth-order valence-electron chi connectivity index (χ4n) is 2.18. The van der Waals surface area contributed by atoms with Crippen molar-refractivity contribution in [3.05, 3.63) is 47.8 Å². The van der Waals surface area contributed by atoms with Gasteiger partial charge in [-0.3, -0.25) is 4.98 Å². The molecule has 112 valence electrons. The highest BCUT2D eigenvalue weighted by Crippen LogP contribution is 2.37. The zero-order valence-corrected chi connectivity index (χ0v) is 12.6. The molecular weight excluding hydrogens is 268 g/mol. The summed E-state index contributed by atoms with van der Waals surface area (Å²) in [6.45, 7) is 1.73. The van der Waals surface area contributed by atoms with E-state index in [-0.39, 0.29) is 0 Å². The van der Waals surface area contributed by atoms with Gasteiger partial charge in [0, 0.05) is 23.5 Å². The van der Waals surface area contributed by atoms with E-state index < -0.39 is 0 Å². The van der Waals surface area contributed by atoms with Gasteiger partial charge in [-0.15, -0.1) is 0 Å². The number of methoxy groups -OCH3 is 3. The molecule has 2 aromatic rings. The van der Waals surface area contributed by atoms with E-state index in [2.05, 4.69) is 10.3 Å². The van der Waals surface area contributed by atoms with Gasteiger partial charge in [0.05, 0.1) is 21.3 Å². The zero-order valence-electron chi connectivity index (χ0n) is 12.6. The van der Waals surface area contributed by atoms with E-state index in [1.807, 2.05) is 36.7 Å². The van der Waals surface area contributed by atoms with Crippen molar-refractivity contribution >= 4 is 0 Å². The summed E-state index contributed by atoms with van der Waals surface area (Å²) >= 11 is 0. The zero-order chi connectivity index (χ0) is 15.1. The molecular formula is C16H21N2O3+. The van der Waals surface area contributed by atoms with E-state index in [1.165, 1.54) is 5.56 Å². The molecule has 0 unspecified atom stereocenters. The van der Waals surface area contributed by atoms with Gasteiger partial charge in [0.25, 0.3) is 0 Å². The van der Waals surface area contributed by atoms with Crippen molar-refractivity contribution in [1.29, 1.82) is 0 Å². The lowest BCUT2D eigenvalue weighted by molar-refractivity contribution is -0.686. The molecule has 2 N–H and O–H groups in total. The number of aromatic nitrogens is 1. The van der Waals surface area contributed by atoms with Crippen LogP contribution in [0.25, 0.3) is 0 Å². The largest absolute Gasteiger partial charge is 0.493 e. The predicted molar refractivity (Wildman–Crippen MR) is 79.7 cm³/mol. The Kier molecular flexibility index (Phi) is 5.40. The van der Waals surface area contributed by atoms with Gasteiger partial charge in [-0.2, -0.15) is 0 Å². The normalized spacial score (nSPS) is 10.2. The van der Waals surface area contributed by atoms with E-state index in [9.17, 15) is 0 Å². The maximum Gasteiger partial charge on any atom is 0.203 e. The van der Waals surface area contributed by atoms with Crippen molar-refractivity contribution in [2.75, 3.05) is 21.3 Å². The maximum absolute atomic E-state index is 5.36. The number of ether oxygens (including phenoxy) is 3. The Morgan fingerprint density at radius 3 is 1.95 bits per heavy atom. The smallest absolute Gasteiger partial charge is 0.203 e. The van der Waals surface area contributed by atoms with Gasteiger partial charge in [-0.25, -0.2) is 0 Å². The van der Waals surface area contributed by atoms with Gasteiger partial charge in [0.1, 0.15) is 13.1 Å². The van der Waals surface area contributed by atoms with E-state index in [0.717, 1.165) is 18.7 Å². The van der Waals surface area contributed by atoms with E-state index in [1.54, 1.807) is 21.3 Å². The molecule has 5 nitrogen and oxygen atoms in total. The highest BCUT2D eigenvalue weighted by molar-refractivity contribution is 5.53. The number of hydrogen-bond acceptors (Lipinski definition) is 4. The van der Waals surface area contributed by atoms with Crippen LogP contribution in [0.15, 0.2) is 36.7 Å². The van der Waals surface area contributed by atoms with Gasteiger partial charge in [-0.05, 0) is 24.3 Å². The molecule has 0 atom stereocenters. The molecule has 0 aliphatic carbocycles. The van der Waals surface area contributed by atoms with Gasteiger partial charge in [-0.1, -0.05) is 0 Å². The average Bonchev–Trinajstić information content (AvgIpc) is 2.54. The third kappa shape index (κ3) is 3.86. The quantitative estimate of drug-likeness (QED) is 0.836. The van der Waals surface area contributed by atoms with Crippen LogP contribution in [0, 0.1) is 0 Å². The molecule has 5 heteroatoms. The molecule has 21 heavy (non-hydrogen) atoms. The SMILES string of the molecule is COc1cc(C[NH2+]Cc2ccncc2)cc(OC)c1OC. The molecule has 0 bridgehead atoms. The standard InChI is InChI=1S/C16H20N2O3/c1-19-14-8-13(9-15(20-2)16(14)21-3)11-18-10-12-4-6-17-7-5-12/h4-9,18H,10-11H2,1-3H3/p+1. The molecule has 0 spiro atoms. The Morgan fingerprint density at radius 1 is 0.857 bits per heavy atom. The first kappa shape index (κ1) is 15.1. The van der Waals surface area contributed by atoms with Crippen molar-refractivity contribution in [2.24, 2.45) is 0 Å². The molecule has 0 saturated carbocycles. The second-order valence-electron chi connectivity index (χ2n) is 4.59. The molecule has 0 radical (unpaired) electrons. The van der Waals surface area contributed by atoms with E-state index >= 15 is 0 Å². The number of rotatable bonds is 7. The Labute approximate surface area is 124 Å². The molecule has 2 rings (SSSR count). The van der Waals surface area contributed by atoms with Crippen molar-refractivity contribution in [2.45, 2.75) is 13.1 Å². The summed E-state index contributed by atoms with van der Waals surface area (Å²) in [5, 5.41) is 2.22. The first-order chi connectivity index (χ1) is 10.3. The molecule has 0 saturated heterocycles. The van der Waals surface area contributed by atoms with Crippen LogP contribution in [0.1, 0.15) is 11.1 Å². The minimum atomic E-state index is 0.623. The van der Waals surface area contributed by atoms with Crippen LogP contribution >= 0.6 is 0 Å². The summed E-state index contributed by atoms with van der Waals surface area (Å²) < 4.78 is 16.0. The molecule has 0 fully saturated rings. The lowest BCUT2D eigenvalue weighted by Gasteiger charge is -2.13. The third-order valence-corrected chi connectivity index (χ3v) is 3.23. The highest BCUT2D eigenvalue weighted by atomic mass is 16.5. The minimum absolute atomic E-state index is 0.623. The highest BCUT2D eigenvalue weighted by Gasteiger charge is 2.13. The molecule has 0 aliphatic heterocycles. The van der Waals surface area contributed by atoms with Crippen LogP contribution < -0.4 is 19.5 Å². The van der Waals surface area contributed by atoms with Gasteiger partial charge in [0.2, 0.25) is 5.75 Å². The lowest BCUT2D eigenvalue weighted by Crippen LogP contribution is -2.80. The molecule has 0 aliphatic rings. The number of nitrogens with zero attached hydrogens (tertiary/aromatic N) is 1. The van der Waals surface area contributed by atoms with Crippen LogP contribution in [0.4, 0.5) is 0 Å². The lowest BCUT2D eigenvalue weighted by atomic mass is 10.1. The number of benzene rings is 1. The van der Waals surface area contributed by atoms with Crippen molar-refractivity contribution in [3.63, 3.8) is 0 Å². The van der Waals surface area contributed by atoms with E-state index in [4.69, 9.17) is 14.2 Å². The molecule has 1 heterocycles. The molecule has 0 amide bonds. The topological polar surface area (TPSA) is 57.2 Å². The predicted octanol–water partition coefficient (Wildman–Crippen LogP) is 1.37. The first-order valence-electron chi connectivity index (χ1n) is 6.78. The van der Waals surface area contributed by atoms with Gasteiger partial charge < -0.3 is 19.5 Å². The molecule has 1 aromatic heterocycles. The van der Waals surface area contributed by atoms with Crippen LogP contribution in [0.5, 0.6) is 17.2 Å². The Balaban J connectivity index is 2.06. The summed E-state index contributed by atoms with van der Waals surface area (Å²) in [5.74, 6) is 1.99. The van der Waals surface area contributed by atoms with E-state index in [0.29, 0.717) is 17.2 Å². The fraction of sp³-hybridized carbons (Fsp3) is 0.312. The van der Waals surface area contributed by atoms with Crippen molar-refractivity contribution in [3.8, 4) is 17.2 Å². The minimum Gasteiger partial charge on any atom is -0.493 e. The first-order valence-corrected chi connectivity index (χ1v) is 6.78. The Bertz CT molecular complexity index is 548. The number of nitrogens with two attached hydrogens (primary N) is 1. The van der Waals surface area contributed by atoms with Gasteiger partial charge >= 0.3 is 0 Å².